The van der Waals surface area contributed by atoms with E-state index < -0.39 is 21.9 Å². The highest BCUT2D eigenvalue weighted by molar-refractivity contribution is 7.89. The number of benzene rings is 1. The van der Waals surface area contributed by atoms with Gasteiger partial charge in [-0.25, -0.2) is 8.42 Å². The summed E-state index contributed by atoms with van der Waals surface area (Å²) in [4.78, 5) is 0.199. The van der Waals surface area contributed by atoms with Crippen molar-refractivity contribution in [3.63, 3.8) is 0 Å². The highest BCUT2D eigenvalue weighted by Gasteiger charge is 2.35. The van der Waals surface area contributed by atoms with Gasteiger partial charge >= 0.3 is 6.18 Å². The second-order valence-electron chi connectivity index (χ2n) is 7.38. The third kappa shape index (κ3) is 4.13. The average molecular weight is 429 g/mol. The Kier molecular flexibility index (Phi) is 5.32. The van der Waals surface area contributed by atoms with E-state index in [1.165, 1.54) is 16.6 Å². The summed E-state index contributed by atoms with van der Waals surface area (Å²) in [5.74, 6) is 0.701. The summed E-state index contributed by atoms with van der Waals surface area (Å²) in [6.45, 7) is 0.658. The molecule has 1 aromatic carbocycles. The largest absolute Gasteiger partial charge is 0.493 e. The average Bonchev–Trinajstić information content (AvgIpc) is 3.41. The molecule has 0 N–H and O–H groups in total. The van der Waals surface area contributed by atoms with Gasteiger partial charge in [0.1, 0.15) is 5.75 Å². The monoisotopic (exact) mass is 429 g/mol. The molecule has 1 saturated carbocycles. The number of hydrogen-bond donors (Lipinski definition) is 0. The first-order valence-electron chi connectivity index (χ1n) is 9.63. The van der Waals surface area contributed by atoms with Gasteiger partial charge in [-0.3, -0.25) is 4.68 Å². The summed E-state index contributed by atoms with van der Waals surface area (Å²) in [6.07, 6.45) is 0.753. The molecule has 158 valence electrons. The lowest BCUT2D eigenvalue weighted by Crippen LogP contribution is -2.41. The van der Waals surface area contributed by atoms with Crippen molar-refractivity contribution in [2.24, 2.45) is 0 Å². The Hall–Kier alpha value is -2.07. The van der Waals surface area contributed by atoms with E-state index in [-0.39, 0.29) is 24.0 Å². The maximum Gasteiger partial charge on any atom is 0.435 e. The molecule has 1 aliphatic carbocycles. The smallest absolute Gasteiger partial charge is 0.435 e. The molecule has 0 radical (unpaired) electrons. The minimum Gasteiger partial charge on any atom is -0.493 e. The van der Waals surface area contributed by atoms with Crippen LogP contribution in [-0.2, 0) is 29.2 Å². The van der Waals surface area contributed by atoms with Crippen LogP contribution in [0.4, 0.5) is 13.2 Å². The van der Waals surface area contributed by atoms with Crippen LogP contribution in [0.1, 0.15) is 36.9 Å². The molecular formula is C19H22F3N3O3S. The van der Waals surface area contributed by atoms with Crippen molar-refractivity contribution in [3.05, 3.63) is 41.7 Å². The van der Waals surface area contributed by atoms with E-state index in [9.17, 15) is 21.6 Å². The molecule has 1 aromatic heterocycles. The van der Waals surface area contributed by atoms with Crippen molar-refractivity contribution in [1.82, 2.24) is 14.1 Å². The SMILES string of the molecule is O=S(=O)(c1ccc2c(c1)CCO2)N(CCn1ccc(C(F)(F)F)n1)C1CCCC1. The molecule has 0 atom stereocenters. The zero-order chi connectivity index (χ0) is 20.6. The molecule has 1 aliphatic heterocycles. The minimum absolute atomic E-state index is 0.0554. The van der Waals surface area contributed by atoms with Crippen molar-refractivity contribution < 1.29 is 26.3 Å². The first kappa shape index (κ1) is 20.2. The molecule has 0 bridgehead atoms. The lowest BCUT2D eigenvalue weighted by atomic mass is 10.2. The molecule has 2 heterocycles. The van der Waals surface area contributed by atoms with Gasteiger partial charge < -0.3 is 4.74 Å². The first-order chi connectivity index (χ1) is 13.7. The molecule has 10 heteroatoms. The van der Waals surface area contributed by atoms with Gasteiger partial charge in [0.25, 0.3) is 0 Å². The minimum atomic E-state index is -4.52. The Morgan fingerprint density at radius 1 is 1.21 bits per heavy atom. The molecular weight excluding hydrogens is 407 g/mol. The highest BCUT2D eigenvalue weighted by atomic mass is 32.2. The van der Waals surface area contributed by atoms with Gasteiger partial charge in [-0.1, -0.05) is 12.8 Å². The number of ether oxygens (including phenoxy) is 1. The van der Waals surface area contributed by atoms with E-state index in [0.717, 1.165) is 42.0 Å². The lowest BCUT2D eigenvalue weighted by molar-refractivity contribution is -0.141. The quantitative estimate of drug-likeness (QED) is 0.706. The van der Waals surface area contributed by atoms with Crippen LogP contribution in [0.3, 0.4) is 0 Å². The summed E-state index contributed by atoms with van der Waals surface area (Å²) in [6, 6.07) is 5.61. The predicted octanol–water partition coefficient (Wildman–Crippen LogP) is 3.47. The normalized spacial score (nSPS) is 17.7. The molecule has 2 aromatic rings. The van der Waals surface area contributed by atoms with E-state index >= 15 is 0 Å². The predicted molar refractivity (Wildman–Crippen MR) is 99.0 cm³/mol. The molecule has 2 aliphatic rings. The van der Waals surface area contributed by atoms with E-state index in [2.05, 4.69) is 5.10 Å². The fraction of sp³-hybridized carbons (Fsp3) is 0.526. The Morgan fingerprint density at radius 2 is 1.97 bits per heavy atom. The fourth-order valence-electron chi connectivity index (χ4n) is 3.99. The second-order valence-corrected chi connectivity index (χ2v) is 9.27. The first-order valence-corrected chi connectivity index (χ1v) is 11.1. The van der Waals surface area contributed by atoms with Gasteiger partial charge in [0.15, 0.2) is 5.69 Å². The van der Waals surface area contributed by atoms with E-state index in [4.69, 9.17) is 4.74 Å². The van der Waals surface area contributed by atoms with Crippen molar-refractivity contribution in [1.29, 1.82) is 0 Å². The van der Waals surface area contributed by atoms with E-state index in [1.54, 1.807) is 12.1 Å². The zero-order valence-corrected chi connectivity index (χ0v) is 16.5. The topological polar surface area (TPSA) is 64.4 Å². The second kappa shape index (κ2) is 7.64. The number of aromatic nitrogens is 2. The standard InChI is InChI=1S/C19H22F3N3O3S/c20-19(21,22)18-7-9-24(23-18)10-11-25(15-3-1-2-4-15)29(26,27)16-5-6-17-14(13-16)8-12-28-17/h5-7,9,13,15H,1-4,8,10-12H2. The fourth-order valence-corrected chi connectivity index (χ4v) is 5.72. The molecule has 1 fully saturated rings. The third-order valence-electron chi connectivity index (χ3n) is 5.48. The molecule has 0 spiro atoms. The number of rotatable bonds is 6. The molecule has 29 heavy (non-hydrogen) atoms. The van der Waals surface area contributed by atoms with Crippen LogP contribution in [0.15, 0.2) is 35.4 Å². The third-order valence-corrected chi connectivity index (χ3v) is 7.43. The van der Waals surface area contributed by atoms with Crippen LogP contribution >= 0.6 is 0 Å². The molecule has 0 amide bonds. The van der Waals surface area contributed by atoms with Crippen molar-refractivity contribution in [2.75, 3.05) is 13.2 Å². The van der Waals surface area contributed by atoms with Gasteiger partial charge in [0.05, 0.1) is 18.0 Å². The van der Waals surface area contributed by atoms with Crippen LogP contribution < -0.4 is 4.74 Å². The zero-order valence-electron chi connectivity index (χ0n) is 15.7. The van der Waals surface area contributed by atoms with Gasteiger partial charge in [0.2, 0.25) is 10.0 Å². The van der Waals surface area contributed by atoms with Crippen molar-refractivity contribution in [3.8, 4) is 5.75 Å². The number of halogens is 3. The highest BCUT2D eigenvalue weighted by Crippen LogP contribution is 2.32. The lowest BCUT2D eigenvalue weighted by Gasteiger charge is -2.28. The van der Waals surface area contributed by atoms with E-state index in [1.807, 2.05) is 0 Å². The summed E-state index contributed by atoms with van der Waals surface area (Å²) in [5.41, 5.74) is -0.120. The number of sulfonamides is 1. The maximum absolute atomic E-state index is 13.4. The Labute approximate surface area is 167 Å². The summed E-state index contributed by atoms with van der Waals surface area (Å²) < 4.78 is 73.1. The van der Waals surface area contributed by atoms with Crippen LogP contribution in [0.5, 0.6) is 5.75 Å². The van der Waals surface area contributed by atoms with Crippen molar-refractivity contribution >= 4 is 10.0 Å². The van der Waals surface area contributed by atoms with Gasteiger partial charge in [0, 0.05) is 25.2 Å². The maximum atomic E-state index is 13.4. The van der Waals surface area contributed by atoms with Gasteiger partial charge in [-0.15, -0.1) is 0 Å². The van der Waals surface area contributed by atoms with Gasteiger partial charge in [-0.2, -0.15) is 22.6 Å². The number of alkyl halides is 3. The summed E-state index contributed by atoms with van der Waals surface area (Å²) in [7, 11) is -3.78. The van der Waals surface area contributed by atoms with E-state index in [0.29, 0.717) is 18.8 Å². The number of hydrogen-bond acceptors (Lipinski definition) is 4. The molecule has 4 rings (SSSR count). The van der Waals surface area contributed by atoms with Crippen LogP contribution in [0.2, 0.25) is 0 Å². The number of nitrogens with zero attached hydrogens (tertiary/aromatic N) is 3. The summed E-state index contributed by atoms with van der Waals surface area (Å²) in [5, 5.41) is 3.54. The van der Waals surface area contributed by atoms with Crippen LogP contribution in [0, 0.1) is 0 Å². The molecule has 6 nitrogen and oxygen atoms in total. The molecule has 0 unspecified atom stereocenters. The Balaban J connectivity index is 1.57. The van der Waals surface area contributed by atoms with Gasteiger partial charge in [-0.05, 0) is 42.7 Å². The van der Waals surface area contributed by atoms with Crippen molar-refractivity contribution in [2.45, 2.75) is 55.8 Å². The molecule has 0 saturated heterocycles. The summed E-state index contributed by atoms with van der Waals surface area (Å²) >= 11 is 0. The Bertz CT molecular complexity index is 982. The number of fused-ring (bicyclic) bond motifs is 1. The van der Waals surface area contributed by atoms with Crippen LogP contribution in [0.25, 0.3) is 0 Å². The Morgan fingerprint density at radius 3 is 2.66 bits per heavy atom. The van der Waals surface area contributed by atoms with Crippen LogP contribution in [-0.4, -0.2) is 41.7 Å².